The SMILES string of the molecule is CC(C)Nc1c(C(=O)NCC2(CO)COC2)cnc2sc(-c3cncs3)cc12. The number of amides is 1. The summed E-state index contributed by atoms with van der Waals surface area (Å²) in [4.78, 5) is 24.6. The van der Waals surface area contributed by atoms with E-state index < -0.39 is 0 Å². The van der Waals surface area contributed by atoms with Gasteiger partial charge in [0.2, 0.25) is 0 Å². The molecular formula is C19H22N4O3S2. The molecule has 3 aromatic rings. The minimum atomic E-state index is -0.374. The van der Waals surface area contributed by atoms with E-state index in [-0.39, 0.29) is 24.0 Å². The van der Waals surface area contributed by atoms with Gasteiger partial charge in [-0.2, -0.15) is 0 Å². The van der Waals surface area contributed by atoms with E-state index in [0.29, 0.717) is 25.3 Å². The molecule has 1 aliphatic rings. The second-order valence-electron chi connectivity index (χ2n) is 7.37. The number of anilines is 1. The number of carbonyl (C=O) groups excluding carboxylic acids is 1. The normalized spacial score (nSPS) is 15.6. The summed E-state index contributed by atoms with van der Waals surface area (Å²) in [5, 5.41) is 16.9. The van der Waals surface area contributed by atoms with Gasteiger partial charge >= 0.3 is 0 Å². The molecule has 0 unspecified atom stereocenters. The number of hydrogen-bond acceptors (Lipinski definition) is 8. The smallest absolute Gasteiger partial charge is 0.255 e. The molecule has 0 bridgehead atoms. The number of nitrogens with zero attached hydrogens (tertiary/aromatic N) is 2. The van der Waals surface area contributed by atoms with Crippen molar-refractivity contribution in [3.05, 3.63) is 29.5 Å². The van der Waals surface area contributed by atoms with Gasteiger partial charge in [-0.15, -0.1) is 22.7 Å². The molecule has 1 aliphatic heterocycles. The van der Waals surface area contributed by atoms with E-state index in [1.54, 1.807) is 34.4 Å². The molecule has 148 valence electrons. The number of pyridine rings is 1. The van der Waals surface area contributed by atoms with E-state index >= 15 is 0 Å². The van der Waals surface area contributed by atoms with Gasteiger partial charge in [-0.3, -0.25) is 9.78 Å². The Kier molecular flexibility index (Phi) is 5.33. The van der Waals surface area contributed by atoms with Gasteiger partial charge < -0.3 is 20.5 Å². The molecule has 4 heterocycles. The second kappa shape index (κ2) is 7.75. The van der Waals surface area contributed by atoms with E-state index in [2.05, 4.69) is 26.7 Å². The molecule has 0 radical (unpaired) electrons. The molecule has 9 heteroatoms. The molecule has 3 aromatic heterocycles. The van der Waals surface area contributed by atoms with Crippen LogP contribution < -0.4 is 10.6 Å². The van der Waals surface area contributed by atoms with Gasteiger partial charge in [0.05, 0.1) is 46.9 Å². The van der Waals surface area contributed by atoms with E-state index in [1.165, 1.54) is 0 Å². The Balaban J connectivity index is 1.67. The second-order valence-corrected chi connectivity index (χ2v) is 9.29. The number of rotatable bonds is 7. The molecular weight excluding hydrogens is 396 g/mol. The first-order valence-corrected chi connectivity index (χ1v) is 10.8. The van der Waals surface area contributed by atoms with Crippen molar-refractivity contribution in [3.8, 4) is 9.75 Å². The lowest BCUT2D eigenvalue weighted by Gasteiger charge is -2.39. The maximum absolute atomic E-state index is 12.9. The molecule has 0 spiro atoms. The fraction of sp³-hybridized carbons (Fsp3) is 0.421. The molecule has 0 atom stereocenters. The van der Waals surface area contributed by atoms with Gasteiger partial charge in [-0.25, -0.2) is 4.98 Å². The van der Waals surface area contributed by atoms with Gasteiger partial charge in [0.25, 0.3) is 5.91 Å². The Morgan fingerprint density at radius 2 is 2.18 bits per heavy atom. The zero-order valence-electron chi connectivity index (χ0n) is 15.7. The summed E-state index contributed by atoms with van der Waals surface area (Å²) < 4.78 is 5.20. The Labute approximate surface area is 170 Å². The maximum Gasteiger partial charge on any atom is 0.255 e. The van der Waals surface area contributed by atoms with Crippen molar-refractivity contribution in [2.24, 2.45) is 5.41 Å². The number of aliphatic hydroxyl groups is 1. The van der Waals surface area contributed by atoms with Crippen LogP contribution in [0.5, 0.6) is 0 Å². The lowest BCUT2D eigenvalue weighted by Crippen LogP contribution is -2.53. The topological polar surface area (TPSA) is 96.4 Å². The van der Waals surface area contributed by atoms with Crippen LogP contribution in [0.1, 0.15) is 24.2 Å². The maximum atomic E-state index is 12.9. The fourth-order valence-corrected chi connectivity index (χ4v) is 4.78. The molecule has 1 fully saturated rings. The monoisotopic (exact) mass is 418 g/mol. The van der Waals surface area contributed by atoms with E-state index in [9.17, 15) is 9.90 Å². The summed E-state index contributed by atoms with van der Waals surface area (Å²) in [6.45, 7) is 5.36. The van der Waals surface area contributed by atoms with Crippen molar-refractivity contribution < 1.29 is 14.6 Å². The largest absolute Gasteiger partial charge is 0.396 e. The number of hydrogen-bond donors (Lipinski definition) is 3. The first kappa shape index (κ1) is 19.3. The summed E-state index contributed by atoms with van der Waals surface area (Å²) in [6.07, 6.45) is 3.46. The molecule has 0 aromatic carbocycles. The highest BCUT2D eigenvalue weighted by atomic mass is 32.1. The Hall–Kier alpha value is -2.07. The minimum absolute atomic E-state index is 0.00952. The predicted octanol–water partition coefficient (Wildman–Crippen LogP) is 2.98. The van der Waals surface area contributed by atoms with Crippen molar-refractivity contribution in [1.82, 2.24) is 15.3 Å². The van der Waals surface area contributed by atoms with Crippen molar-refractivity contribution in [1.29, 1.82) is 0 Å². The average molecular weight is 419 g/mol. The molecule has 3 N–H and O–H groups in total. The number of thiophene rings is 1. The van der Waals surface area contributed by atoms with Gasteiger partial charge in [0.15, 0.2) is 0 Å². The van der Waals surface area contributed by atoms with Crippen LogP contribution >= 0.6 is 22.7 Å². The molecule has 0 saturated carbocycles. The number of carbonyl (C=O) groups is 1. The molecule has 4 rings (SSSR count). The van der Waals surface area contributed by atoms with Crippen LogP contribution in [0.2, 0.25) is 0 Å². The van der Waals surface area contributed by atoms with Crippen LogP contribution in [0.4, 0.5) is 5.69 Å². The Morgan fingerprint density at radius 3 is 2.79 bits per heavy atom. The summed E-state index contributed by atoms with van der Waals surface area (Å²) in [7, 11) is 0. The van der Waals surface area contributed by atoms with Crippen LogP contribution in [-0.2, 0) is 4.74 Å². The van der Waals surface area contributed by atoms with Gasteiger partial charge in [-0.05, 0) is 19.9 Å². The summed E-state index contributed by atoms with van der Waals surface area (Å²) in [5.74, 6) is -0.206. The van der Waals surface area contributed by atoms with Gasteiger partial charge in [0, 0.05) is 35.2 Å². The zero-order valence-corrected chi connectivity index (χ0v) is 17.3. The van der Waals surface area contributed by atoms with Crippen molar-refractivity contribution in [3.63, 3.8) is 0 Å². The lowest BCUT2D eigenvalue weighted by molar-refractivity contribution is -0.133. The lowest BCUT2D eigenvalue weighted by atomic mass is 9.87. The number of aliphatic hydroxyl groups excluding tert-OH is 1. The summed E-state index contributed by atoms with van der Waals surface area (Å²) in [5.41, 5.74) is 2.72. The standard InChI is InChI=1S/C19H22N4O3S2/c1-11(2)23-16-12-3-14(15-5-20-10-27-15)28-18(12)21-4-13(16)17(25)22-6-19(7-24)8-26-9-19/h3-5,10-11,24H,6-9H2,1-2H3,(H,21,23)(H,22,25). The van der Waals surface area contributed by atoms with Crippen LogP contribution in [0.3, 0.4) is 0 Å². The fourth-order valence-electron chi connectivity index (χ4n) is 3.07. The van der Waals surface area contributed by atoms with Gasteiger partial charge in [0.1, 0.15) is 4.83 Å². The number of ether oxygens (including phenoxy) is 1. The van der Waals surface area contributed by atoms with Crippen molar-refractivity contribution in [2.45, 2.75) is 19.9 Å². The van der Waals surface area contributed by atoms with Crippen LogP contribution in [0.15, 0.2) is 24.0 Å². The highest BCUT2D eigenvalue weighted by Crippen LogP contribution is 2.39. The predicted molar refractivity (Wildman–Crippen MR) is 112 cm³/mol. The first-order chi connectivity index (χ1) is 13.5. The molecule has 1 amide bonds. The van der Waals surface area contributed by atoms with Crippen LogP contribution in [-0.4, -0.2) is 53.4 Å². The molecule has 7 nitrogen and oxygen atoms in total. The minimum Gasteiger partial charge on any atom is -0.396 e. The first-order valence-electron chi connectivity index (χ1n) is 9.06. The molecule has 1 saturated heterocycles. The van der Waals surface area contributed by atoms with Crippen LogP contribution in [0.25, 0.3) is 20.0 Å². The van der Waals surface area contributed by atoms with E-state index in [0.717, 1.165) is 25.7 Å². The zero-order chi connectivity index (χ0) is 19.7. The number of nitrogens with one attached hydrogen (secondary N) is 2. The number of thiazole rings is 1. The Bertz CT molecular complexity index is 975. The van der Waals surface area contributed by atoms with E-state index in [1.807, 2.05) is 20.0 Å². The van der Waals surface area contributed by atoms with Crippen molar-refractivity contribution in [2.75, 3.05) is 31.7 Å². The number of fused-ring (bicyclic) bond motifs is 1. The van der Waals surface area contributed by atoms with E-state index in [4.69, 9.17) is 4.74 Å². The van der Waals surface area contributed by atoms with Crippen LogP contribution in [0, 0.1) is 5.41 Å². The summed E-state index contributed by atoms with van der Waals surface area (Å²) in [6, 6.07) is 2.23. The quantitative estimate of drug-likeness (QED) is 0.546. The molecule has 0 aliphatic carbocycles. The Morgan fingerprint density at radius 1 is 1.36 bits per heavy atom. The third-order valence-electron chi connectivity index (χ3n) is 4.69. The average Bonchev–Trinajstić information content (AvgIpc) is 3.30. The molecule has 28 heavy (non-hydrogen) atoms. The van der Waals surface area contributed by atoms with Crippen molar-refractivity contribution >= 4 is 44.5 Å². The highest BCUT2D eigenvalue weighted by Gasteiger charge is 2.38. The highest BCUT2D eigenvalue weighted by molar-refractivity contribution is 7.25. The third kappa shape index (κ3) is 3.62. The summed E-state index contributed by atoms with van der Waals surface area (Å²) >= 11 is 3.17. The number of aromatic nitrogens is 2. The van der Waals surface area contributed by atoms with Gasteiger partial charge in [-0.1, -0.05) is 0 Å². The third-order valence-corrected chi connectivity index (χ3v) is 6.70.